The summed E-state index contributed by atoms with van der Waals surface area (Å²) in [4.78, 5) is 39.1. The predicted octanol–water partition coefficient (Wildman–Crippen LogP) is 1.59. The van der Waals surface area contributed by atoms with Crippen LogP contribution in [0.5, 0.6) is 0 Å². The molecule has 2 rings (SSSR count). The molecule has 2 amide bonds. The van der Waals surface area contributed by atoms with Crippen LogP contribution in [0.3, 0.4) is 0 Å². The number of nitrogens with zero attached hydrogens (tertiary/aromatic N) is 1. The predicted molar refractivity (Wildman–Crippen MR) is 72.5 cm³/mol. The number of benzene rings is 1. The van der Waals surface area contributed by atoms with Gasteiger partial charge in [0, 0.05) is 19.3 Å². The highest BCUT2D eigenvalue weighted by Gasteiger charge is 2.29. The number of carbonyl (C=O) groups is 3. The zero-order valence-corrected chi connectivity index (χ0v) is 11.6. The van der Waals surface area contributed by atoms with Gasteiger partial charge in [0.25, 0.3) is 11.8 Å². The standard InChI is InChI=1S/C15H17NO5/c17-13-8-9-14(18)16(13)21-10-4-7-15(19)20-11-12-5-2-1-3-6-12/h1-3,5-6H,4,7-11H2. The molecule has 0 N–H and O–H groups in total. The summed E-state index contributed by atoms with van der Waals surface area (Å²) in [5, 5.41) is 0.787. The molecule has 0 spiro atoms. The molecule has 0 unspecified atom stereocenters. The first-order valence-electron chi connectivity index (χ1n) is 6.85. The molecule has 1 aromatic carbocycles. The Labute approximate surface area is 122 Å². The lowest BCUT2D eigenvalue weighted by atomic mass is 10.2. The van der Waals surface area contributed by atoms with Crippen LogP contribution in [-0.2, 0) is 30.6 Å². The number of rotatable bonds is 7. The molecule has 1 heterocycles. The number of esters is 1. The van der Waals surface area contributed by atoms with E-state index in [1.54, 1.807) is 0 Å². The van der Waals surface area contributed by atoms with Crippen LogP contribution >= 0.6 is 0 Å². The molecular weight excluding hydrogens is 274 g/mol. The number of hydrogen-bond donors (Lipinski definition) is 0. The molecule has 0 aliphatic carbocycles. The smallest absolute Gasteiger partial charge is 0.306 e. The van der Waals surface area contributed by atoms with Crippen LogP contribution in [0.4, 0.5) is 0 Å². The van der Waals surface area contributed by atoms with Crippen LogP contribution < -0.4 is 0 Å². The van der Waals surface area contributed by atoms with Gasteiger partial charge in [-0.1, -0.05) is 30.3 Å². The Morgan fingerprint density at radius 3 is 2.43 bits per heavy atom. The minimum absolute atomic E-state index is 0.137. The number of amides is 2. The highest BCUT2D eigenvalue weighted by molar-refractivity contribution is 6.00. The fourth-order valence-corrected chi connectivity index (χ4v) is 1.88. The summed E-state index contributed by atoms with van der Waals surface area (Å²) in [5.41, 5.74) is 0.926. The molecule has 0 bridgehead atoms. The number of carbonyl (C=O) groups excluding carboxylic acids is 3. The van der Waals surface area contributed by atoms with Crippen LogP contribution in [0.1, 0.15) is 31.2 Å². The summed E-state index contributed by atoms with van der Waals surface area (Å²) in [7, 11) is 0. The van der Waals surface area contributed by atoms with Crippen LogP contribution in [0.2, 0.25) is 0 Å². The van der Waals surface area contributed by atoms with E-state index in [9.17, 15) is 14.4 Å². The lowest BCUT2D eigenvalue weighted by Gasteiger charge is -2.12. The maximum absolute atomic E-state index is 11.5. The average molecular weight is 291 g/mol. The van der Waals surface area contributed by atoms with Gasteiger partial charge < -0.3 is 4.74 Å². The lowest BCUT2D eigenvalue weighted by Crippen LogP contribution is -2.29. The van der Waals surface area contributed by atoms with Gasteiger partial charge in [-0.15, -0.1) is 0 Å². The quantitative estimate of drug-likeness (QED) is 0.433. The molecule has 6 nitrogen and oxygen atoms in total. The van der Waals surface area contributed by atoms with E-state index in [0.29, 0.717) is 6.42 Å². The van der Waals surface area contributed by atoms with E-state index in [4.69, 9.17) is 9.57 Å². The summed E-state index contributed by atoms with van der Waals surface area (Å²) in [6, 6.07) is 9.40. The first-order chi connectivity index (χ1) is 10.2. The Kier molecular flexibility index (Phi) is 5.45. The Hall–Kier alpha value is -2.21. The van der Waals surface area contributed by atoms with E-state index in [1.165, 1.54) is 0 Å². The third kappa shape index (κ3) is 4.68. The highest BCUT2D eigenvalue weighted by Crippen LogP contribution is 2.12. The third-order valence-corrected chi connectivity index (χ3v) is 2.99. The van der Waals surface area contributed by atoms with E-state index in [0.717, 1.165) is 10.6 Å². The largest absolute Gasteiger partial charge is 0.461 e. The molecule has 0 aromatic heterocycles. The SMILES string of the molecule is O=C(CCCON1C(=O)CCC1=O)OCc1ccccc1. The van der Waals surface area contributed by atoms with E-state index >= 15 is 0 Å². The Bertz CT molecular complexity index is 498. The van der Waals surface area contributed by atoms with Crippen molar-refractivity contribution in [3.05, 3.63) is 35.9 Å². The van der Waals surface area contributed by atoms with E-state index in [2.05, 4.69) is 0 Å². The van der Waals surface area contributed by atoms with Gasteiger partial charge in [-0.2, -0.15) is 5.06 Å². The molecule has 1 aliphatic heterocycles. The summed E-state index contributed by atoms with van der Waals surface area (Å²) >= 11 is 0. The first kappa shape index (κ1) is 15.2. The summed E-state index contributed by atoms with van der Waals surface area (Å²) in [6.45, 7) is 0.377. The molecule has 21 heavy (non-hydrogen) atoms. The van der Waals surface area contributed by atoms with Crippen LogP contribution in [0.15, 0.2) is 30.3 Å². The molecule has 0 atom stereocenters. The minimum Gasteiger partial charge on any atom is -0.461 e. The topological polar surface area (TPSA) is 72.9 Å². The molecule has 1 aromatic rings. The molecule has 1 aliphatic rings. The van der Waals surface area contributed by atoms with Gasteiger partial charge in [0.1, 0.15) is 6.61 Å². The van der Waals surface area contributed by atoms with Crippen molar-refractivity contribution in [1.29, 1.82) is 0 Å². The summed E-state index contributed by atoms with van der Waals surface area (Å²) < 4.78 is 5.10. The third-order valence-electron chi connectivity index (χ3n) is 2.99. The number of imide groups is 1. The number of hydrogen-bond acceptors (Lipinski definition) is 5. The van der Waals surface area contributed by atoms with E-state index < -0.39 is 0 Å². The zero-order chi connectivity index (χ0) is 15.1. The maximum Gasteiger partial charge on any atom is 0.306 e. The highest BCUT2D eigenvalue weighted by atomic mass is 16.7. The lowest BCUT2D eigenvalue weighted by molar-refractivity contribution is -0.188. The normalized spacial score (nSPS) is 14.6. The van der Waals surface area contributed by atoms with Crippen molar-refractivity contribution in [3.63, 3.8) is 0 Å². The Morgan fingerprint density at radius 2 is 1.76 bits per heavy atom. The first-order valence-corrected chi connectivity index (χ1v) is 6.85. The van der Waals surface area contributed by atoms with Gasteiger partial charge in [0.05, 0.1) is 6.61 Å². The Balaban J connectivity index is 1.59. The van der Waals surface area contributed by atoms with Crippen molar-refractivity contribution in [1.82, 2.24) is 5.06 Å². The van der Waals surface area contributed by atoms with Crippen molar-refractivity contribution in [3.8, 4) is 0 Å². The van der Waals surface area contributed by atoms with Gasteiger partial charge in [-0.3, -0.25) is 19.2 Å². The molecule has 6 heteroatoms. The van der Waals surface area contributed by atoms with E-state index in [-0.39, 0.29) is 50.3 Å². The monoisotopic (exact) mass is 291 g/mol. The second-order valence-electron chi connectivity index (χ2n) is 4.66. The molecule has 112 valence electrons. The number of ether oxygens (including phenoxy) is 1. The molecule has 1 fully saturated rings. The molecular formula is C15H17NO5. The summed E-state index contributed by atoms with van der Waals surface area (Å²) in [5.74, 6) is -0.986. The Morgan fingerprint density at radius 1 is 1.10 bits per heavy atom. The maximum atomic E-state index is 11.5. The molecule has 0 radical (unpaired) electrons. The average Bonchev–Trinajstić information content (AvgIpc) is 2.82. The van der Waals surface area contributed by atoms with Gasteiger partial charge >= 0.3 is 5.97 Å². The van der Waals surface area contributed by atoms with Gasteiger partial charge in [-0.05, 0) is 12.0 Å². The zero-order valence-electron chi connectivity index (χ0n) is 11.6. The van der Waals surface area contributed by atoms with Crippen molar-refractivity contribution in [2.75, 3.05) is 6.61 Å². The molecule has 0 saturated carbocycles. The van der Waals surface area contributed by atoms with Crippen molar-refractivity contribution >= 4 is 17.8 Å². The van der Waals surface area contributed by atoms with Crippen molar-refractivity contribution < 1.29 is 24.0 Å². The molecule has 1 saturated heterocycles. The second kappa shape index (κ2) is 7.54. The van der Waals surface area contributed by atoms with E-state index in [1.807, 2.05) is 30.3 Å². The van der Waals surface area contributed by atoms with Crippen LogP contribution in [0.25, 0.3) is 0 Å². The number of hydroxylamine groups is 2. The fraction of sp³-hybridized carbons (Fsp3) is 0.400. The van der Waals surface area contributed by atoms with Gasteiger partial charge in [0.2, 0.25) is 0 Å². The van der Waals surface area contributed by atoms with Gasteiger partial charge in [-0.25, -0.2) is 0 Å². The summed E-state index contributed by atoms with van der Waals surface area (Å²) in [6.07, 6.45) is 0.962. The minimum atomic E-state index is -0.332. The van der Waals surface area contributed by atoms with Gasteiger partial charge in [0.15, 0.2) is 0 Å². The fourth-order valence-electron chi connectivity index (χ4n) is 1.88. The van der Waals surface area contributed by atoms with Crippen molar-refractivity contribution in [2.24, 2.45) is 0 Å². The van der Waals surface area contributed by atoms with Crippen molar-refractivity contribution in [2.45, 2.75) is 32.3 Å². The van der Waals surface area contributed by atoms with Crippen LogP contribution in [0, 0.1) is 0 Å². The van der Waals surface area contributed by atoms with Crippen LogP contribution in [-0.4, -0.2) is 29.5 Å². The second-order valence-corrected chi connectivity index (χ2v) is 4.66.